The predicted octanol–water partition coefficient (Wildman–Crippen LogP) is 5.13. The van der Waals surface area contributed by atoms with Crippen LogP contribution in [0, 0.1) is 5.41 Å². The molecule has 0 saturated heterocycles. The average molecular weight is 329 g/mol. The van der Waals surface area contributed by atoms with Crippen molar-refractivity contribution in [1.82, 2.24) is 0 Å². The first-order chi connectivity index (χ1) is 8.79. The fourth-order valence-electron chi connectivity index (χ4n) is 2.59. The quantitative estimate of drug-likeness (QED) is 0.547. The van der Waals surface area contributed by atoms with Crippen LogP contribution in [0.4, 0.5) is 0 Å². The van der Waals surface area contributed by atoms with Crippen LogP contribution in [0.5, 0.6) is 5.75 Å². The lowest BCUT2D eigenvalue weighted by molar-refractivity contribution is 0.260. The van der Waals surface area contributed by atoms with Gasteiger partial charge in [-0.25, -0.2) is 0 Å². The largest absolute Gasteiger partial charge is 0.496 e. The Balaban J connectivity index is 2.01. The molecule has 0 aliphatic heterocycles. The van der Waals surface area contributed by atoms with Crippen LogP contribution in [0.1, 0.15) is 32.1 Å². The number of hydrogen-bond acceptors (Lipinski definition) is 2. The van der Waals surface area contributed by atoms with Crippen LogP contribution in [0.2, 0.25) is 0 Å². The molecule has 3 heteroatoms. The Kier molecular flexibility index (Phi) is 5.43. The standard InChI is InChI=1S/C15H21BrOS/c1-17-13-7-3-4-8-14(13)18-12-15(11-16)9-5-2-6-10-15/h3-4,7-8H,2,5-6,9-12H2,1H3. The topological polar surface area (TPSA) is 9.23 Å². The normalized spacial score (nSPS) is 18.6. The maximum atomic E-state index is 5.42. The monoisotopic (exact) mass is 328 g/mol. The van der Waals surface area contributed by atoms with Gasteiger partial charge in [0.1, 0.15) is 5.75 Å². The van der Waals surface area contributed by atoms with Gasteiger partial charge in [0.2, 0.25) is 0 Å². The fourth-order valence-corrected chi connectivity index (χ4v) is 4.93. The summed E-state index contributed by atoms with van der Waals surface area (Å²) in [6.07, 6.45) is 6.91. The molecule has 0 amide bonds. The zero-order valence-corrected chi connectivity index (χ0v) is 13.4. The summed E-state index contributed by atoms with van der Waals surface area (Å²) in [5.41, 5.74) is 0.490. The molecule has 0 spiro atoms. The first kappa shape index (κ1) is 14.3. The minimum absolute atomic E-state index is 0.490. The summed E-state index contributed by atoms with van der Waals surface area (Å²) < 4.78 is 5.42. The first-order valence-electron chi connectivity index (χ1n) is 6.61. The van der Waals surface area contributed by atoms with Crippen molar-refractivity contribution in [2.75, 3.05) is 18.2 Å². The molecule has 1 aliphatic rings. The average Bonchev–Trinajstić information content (AvgIpc) is 2.46. The molecule has 18 heavy (non-hydrogen) atoms. The van der Waals surface area contributed by atoms with Crippen LogP contribution in [0.25, 0.3) is 0 Å². The molecule has 1 fully saturated rings. The van der Waals surface area contributed by atoms with E-state index in [-0.39, 0.29) is 0 Å². The summed E-state index contributed by atoms with van der Waals surface area (Å²) in [6, 6.07) is 8.33. The zero-order chi connectivity index (χ0) is 12.8. The van der Waals surface area contributed by atoms with Gasteiger partial charge in [0.05, 0.1) is 7.11 Å². The van der Waals surface area contributed by atoms with E-state index in [2.05, 4.69) is 28.1 Å². The molecule has 1 aromatic carbocycles. The Hall–Kier alpha value is -0.150. The van der Waals surface area contributed by atoms with E-state index in [0.717, 1.165) is 11.1 Å². The van der Waals surface area contributed by atoms with Crippen molar-refractivity contribution in [2.24, 2.45) is 5.41 Å². The highest BCUT2D eigenvalue weighted by molar-refractivity contribution is 9.09. The van der Waals surface area contributed by atoms with Gasteiger partial charge in [0, 0.05) is 16.0 Å². The van der Waals surface area contributed by atoms with E-state index >= 15 is 0 Å². The molecule has 1 saturated carbocycles. The van der Waals surface area contributed by atoms with E-state index in [1.807, 2.05) is 23.9 Å². The van der Waals surface area contributed by atoms with Crippen molar-refractivity contribution in [3.05, 3.63) is 24.3 Å². The highest BCUT2D eigenvalue weighted by Crippen LogP contribution is 2.43. The molecular weight excluding hydrogens is 308 g/mol. The highest BCUT2D eigenvalue weighted by atomic mass is 79.9. The third-order valence-electron chi connectivity index (χ3n) is 3.80. The summed E-state index contributed by atoms with van der Waals surface area (Å²) in [5, 5.41) is 1.13. The molecule has 0 unspecified atom stereocenters. The number of halogens is 1. The number of methoxy groups -OCH3 is 1. The Morgan fingerprint density at radius 1 is 1.22 bits per heavy atom. The molecule has 1 aliphatic carbocycles. The SMILES string of the molecule is COc1ccccc1SCC1(CBr)CCCCC1. The van der Waals surface area contributed by atoms with Crippen molar-refractivity contribution in [2.45, 2.75) is 37.0 Å². The van der Waals surface area contributed by atoms with Crippen LogP contribution in [-0.4, -0.2) is 18.2 Å². The first-order valence-corrected chi connectivity index (χ1v) is 8.72. The van der Waals surface area contributed by atoms with Crippen LogP contribution in [-0.2, 0) is 0 Å². The summed E-state index contributed by atoms with van der Waals surface area (Å²) in [5.74, 6) is 2.20. The molecule has 0 N–H and O–H groups in total. The second kappa shape index (κ2) is 6.85. The second-order valence-corrected chi connectivity index (χ2v) is 6.71. The Morgan fingerprint density at radius 3 is 2.61 bits per heavy atom. The summed E-state index contributed by atoms with van der Waals surface area (Å²) in [4.78, 5) is 1.27. The molecule has 100 valence electrons. The van der Waals surface area contributed by atoms with Crippen molar-refractivity contribution >= 4 is 27.7 Å². The van der Waals surface area contributed by atoms with E-state index in [9.17, 15) is 0 Å². The van der Waals surface area contributed by atoms with Gasteiger partial charge >= 0.3 is 0 Å². The number of hydrogen-bond donors (Lipinski definition) is 0. The Labute approximate surface area is 123 Å². The van der Waals surface area contributed by atoms with Gasteiger partial charge in [-0.3, -0.25) is 0 Å². The van der Waals surface area contributed by atoms with Gasteiger partial charge in [-0.1, -0.05) is 47.3 Å². The lowest BCUT2D eigenvalue weighted by Gasteiger charge is -2.35. The van der Waals surface area contributed by atoms with E-state index in [4.69, 9.17) is 4.74 Å². The molecule has 1 aromatic rings. The molecule has 1 nitrogen and oxygen atoms in total. The zero-order valence-electron chi connectivity index (χ0n) is 11.0. The van der Waals surface area contributed by atoms with Crippen molar-refractivity contribution in [3.63, 3.8) is 0 Å². The maximum Gasteiger partial charge on any atom is 0.132 e. The van der Waals surface area contributed by atoms with Gasteiger partial charge in [-0.05, 0) is 30.4 Å². The third-order valence-corrected chi connectivity index (χ3v) is 6.40. The third kappa shape index (κ3) is 3.45. The lowest BCUT2D eigenvalue weighted by atomic mass is 9.77. The Bertz CT molecular complexity index is 375. The van der Waals surface area contributed by atoms with E-state index in [1.165, 1.54) is 42.8 Å². The molecule has 0 bridgehead atoms. The molecule has 2 rings (SSSR count). The van der Waals surface area contributed by atoms with Crippen molar-refractivity contribution < 1.29 is 4.74 Å². The van der Waals surface area contributed by atoms with Crippen LogP contribution in [0.3, 0.4) is 0 Å². The number of thioether (sulfide) groups is 1. The van der Waals surface area contributed by atoms with E-state index in [0.29, 0.717) is 5.41 Å². The minimum Gasteiger partial charge on any atom is -0.496 e. The van der Waals surface area contributed by atoms with Crippen LogP contribution < -0.4 is 4.74 Å². The molecule has 0 aromatic heterocycles. The minimum atomic E-state index is 0.490. The molecule has 0 atom stereocenters. The van der Waals surface area contributed by atoms with E-state index < -0.39 is 0 Å². The predicted molar refractivity (Wildman–Crippen MR) is 83.0 cm³/mol. The van der Waals surface area contributed by atoms with Crippen molar-refractivity contribution in [3.8, 4) is 5.75 Å². The lowest BCUT2D eigenvalue weighted by Crippen LogP contribution is -2.28. The number of ether oxygens (including phenoxy) is 1. The highest BCUT2D eigenvalue weighted by Gasteiger charge is 2.31. The molecule has 0 heterocycles. The summed E-state index contributed by atoms with van der Waals surface area (Å²) >= 11 is 5.68. The smallest absolute Gasteiger partial charge is 0.132 e. The number of alkyl halides is 1. The van der Waals surface area contributed by atoms with Gasteiger partial charge < -0.3 is 4.74 Å². The van der Waals surface area contributed by atoms with E-state index in [1.54, 1.807) is 7.11 Å². The maximum absolute atomic E-state index is 5.42. The van der Waals surface area contributed by atoms with Gasteiger partial charge in [0.15, 0.2) is 0 Å². The van der Waals surface area contributed by atoms with Crippen LogP contribution >= 0.6 is 27.7 Å². The van der Waals surface area contributed by atoms with Crippen molar-refractivity contribution in [1.29, 1.82) is 0 Å². The fraction of sp³-hybridized carbons (Fsp3) is 0.600. The number of benzene rings is 1. The Morgan fingerprint density at radius 2 is 1.94 bits per heavy atom. The second-order valence-electron chi connectivity index (χ2n) is 5.13. The van der Waals surface area contributed by atoms with Crippen LogP contribution in [0.15, 0.2) is 29.2 Å². The number of para-hydroxylation sites is 1. The number of rotatable bonds is 5. The van der Waals surface area contributed by atoms with Gasteiger partial charge in [0.25, 0.3) is 0 Å². The summed E-state index contributed by atoms with van der Waals surface area (Å²) in [7, 11) is 1.75. The molecular formula is C15H21BrOS. The van der Waals surface area contributed by atoms with Gasteiger partial charge in [-0.15, -0.1) is 11.8 Å². The molecule has 0 radical (unpaired) electrons. The summed E-state index contributed by atoms with van der Waals surface area (Å²) in [6.45, 7) is 0. The van der Waals surface area contributed by atoms with Gasteiger partial charge in [-0.2, -0.15) is 0 Å².